The van der Waals surface area contributed by atoms with Gasteiger partial charge in [-0.3, -0.25) is 4.79 Å². The molecule has 0 bridgehead atoms. The third-order valence-corrected chi connectivity index (χ3v) is 4.28. The minimum Gasteiger partial charge on any atom is -0.436 e. The third-order valence-electron chi connectivity index (χ3n) is 4.28. The molecule has 3 nitrogen and oxygen atoms in total. The molecule has 4 aromatic rings. The maximum Gasteiger partial charge on any atom is 0.228 e. The summed E-state index contributed by atoms with van der Waals surface area (Å²) < 4.78 is 5.86. The van der Waals surface area contributed by atoms with E-state index in [0.717, 1.165) is 33.4 Å². The number of aromatic nitrogens is 1. The van der Waals surface area contributed by atoms with Gasteiger partial charge in [0.05, 0.1) is 0 Å². The predicted molar refractivity (Wildman–Crippen MR) is 88.3 cm³/mol. The first-order valence-electron chi connectivity index (χ1n) is 7.46. The highest BCUT2D eigenvalue weighted by Crippen LogP contribution is 2.41. The number of carbonyl (C=O) groups excluding carboxylic acids is 1. The van der Waals surface area contributed by atoms with Crippen LogP contribution in [-0.4, -0.2) is 10.8 Å². The van der Waals surface area contributed by atoms with E-state index in [0.29, 0.717) is 11.5 Å². The number of hydrogen-bond donors (Lipinski definition) is 0. The molecule has 0 spiro atoms. The Hall–Kier alpha value is -3.20. The average molecular weight is 297 g/mol. The number of fused-ring (bicyclic) bond motifs is 4. The largest absolute Gasteiger partial charge is 0.436 e. The molecule has 108 valence electrons. The molecular weight excluding hydrogens is 286 g/mol. The summed E-state index contributed by atoms with van der Waals surface area (Å²) in [4.78, 5) is 17.4. The average Bonchev–Trinajstić information content (AvgIpc) is 3.15. The molecule has 3 aromatic carbocycles. The first-order valence-corrected chi connectivity index (χ1v) is 7.46. The van der Waals surface area contributed by atoms with E-state index in [1.54, 1.807) is 0 Å². The van der Waals surface area contributed by atoms with Crippen LogP contribution >= 0.6 is 0 Å². The zero-order valence-corrected chi connectivity index (χ0v) is 12.1. The Labute approximate surface area is 132 Å². The third kappa shape index (κ3) is 1.64. The minimum absolute atomic E-state index is 0.0356. The SMILES string of the molecule is O=C1c2ccccc2-c2cccc(-c3nc4ccccc4o3)c21. The van der Waals surface area contributed by atoms with E-state index < -0.39 is 0 Å². The summed E-state index contributed by atoms with van der Waals surface area (Å²) in [6.07, 6.45) is 0. The van der Waals surface area contributed by atoms with Crippen LogP contribution in [0.1, 0.15) is 15.9 Å². The van der Waals surface area contributed by atoms with Crippen LogP contribution in [0.5, 0.6) is 0 Å². The number of carbonyl (C=O) groups is 1. The Bertz CT molecular complexity index is 1060. The van der Waals surface area contributed by atoms with Crippen molar-refractivity contribution >= 4 is 16.9 Å². The number of para-hydroxylation sites is 2. The van der Waals surface area contributed by atoms with Crippen molar-refractivity contribution in [2.45, 2.75) is 0 Å². The molecule has 3 heteroatoms. The predicted octanol–water partition coefficient (Wildman–Crippen LogP) is 4.71. The summed E-state index contributed by atoms with van der Waals surface area (Å²) in [7, 11) is 0. The van der Waals surface area contributed by atoms with Gasteiger partial charge < -0.3 is 4.42 Å². The van der Waals surface area contributed by atoms with Gasteiger partial charge in [0.2, 0.25) is 5.89 Å². The van der Waals surface area contributed by atoms with Gasteiger partial charge in [0, 0.05) is 16.7 Å². The second kappa shape index (κ2) is 4.40. The zero-order chi connectivity index (χ0) is 15.4. The summed E-state index contributed by atoms with van der Waals surface area (Å²) >= 11 is 0. The van der Waals surface area contributed by atoms with E-state index in [2.05, 4.69) is 4.98 Å². The molecule has 1 aromatic heterocycles. The maximum absolute atomic E-state index is 12.8. The molecular formula is C20H11NO2. The fourth-order valence-corrected chi connectivity index (χ4v) is 3.24. The second-order valence-electron chi connectivity index (χ2n) is 5.59. The lowest BCUT2D eigenvalue weighted by molar-refractivity contribution is 0.104. The molecule has 1 heterocycles. The van der Waals surface area contributed by atoms with Crippen LogP contribution in [0.3, 0.4) is 0 Å². The van der Waals surface area contributed by atoms with E-state index in [4.69, 9.17) is 4.42 Å². The van der Waals surface area contributed by atoms with Crippen molar-refractivity contribution in [3.05, 3.63) is 77.9 Å². The normalized spacial score (nSPS) is 12.4. The molecule has 1 aliphatic carbocycles. The number of hydrogen-bond acceptors (Lipinski definition) is 3. The molecule has 0 aliphatic heterocycles. The Morgan fingerprint density at radius 1 is 0.696 bits per heavy atom. The first kappa shape index (κ1) is 12.4. The van der Waals surface area contributed by atoms with Crippen LogP contribution in [0.4, 0.5) is 0 Å². The van der Waals surface area contributed by atoms with Gasteiger partial charge >= 0.3 is 0 Å². The van der Waals surface area contributed by atoms with Crippen LogP contribution in [0.25, 0.3) is 33.7 Å². The van der Waals surface area contributed by atoms with Crippen molar-refractivity contribution < 1.29 is 9.21 Å². The van der Waals surface area contributed by atoms with E-state index in [-0.39, 0.29) is 5.78 Å². The van der Waals surface area contributed by atoms with Crippen molar-refractivity contribution in [1.29, 1.82) is 0 Å². The standard InChI is InChI=1S/C20H11NO2/c22-19-14-7-2-1-6-12(14)13-8-5-9-15(18(13)19)20-21-16-10-3-4-11-17(16)23-20/h1-11H. The Kier molecular flexibility index (Phi) is 2.36. The van der Waals surface area contributed by atoms with Gasteiger partial charge in [-0.25, -0.2) is 4.98 Å². The quantitative estimate of drug-likeness (QED) is 0.450. The van der Waals surface area contributed by atoms with Gasteiger partial charge in [0.1, 0.15) is 5.52 Å². The van der Waals surface area contributed by atoms with Gasteiger partial charge in [-0.1, -0.05) is 48.5 Å². The molecule has 0 saturated heterocycles. The maximum atomic E-state index is 12.8. The molecule has 23 heavy (non-hydrogen) atoms. The molecule has 0 amide bonds. The Morgan fingerprint density at radius 3 is 2.26 bits per heavy atom. The Balaban J connectivity index is 1.80. The van der Waals surface area contributed by atoms with Crippen LogP contribution in [0, 0.1) is 0 Å². The summed E-state index contributed by atoms with van der Waals surface area (Å²) in [6.45, 7) is 0. The highest BCUT2D eigenvalue weighted by molar-refractivity contribution is 6.24. The lowest BCUT2D eigenvalue weighted by Gasteiger charge is -2.03. The lowest BCUT2D eigenvalue weighted by Crippen LogP contribution is -1.98. The van der Waals surface area contributed by atoms with Gasteiger partial charge in [0.25, 0.3) is 0 Å². The monoisotopic (exact) mass is 297 g/mol. The number of ketones is 1. The lowest BCUT2D eigenvalue weighted by atomic mass is 10.0. The smallest absolute Gasteiger partial charge is 0.228 e. The molecule has 0 atom stereocenters. The fraction of sp³-hybridized carbons (Fsp3) is 0. The number of benzene rings is 3. The van der Waals surface area contributed by atoms with E-state index in [1.165, 1.54) is 0 Å². The van der Waals surface area contributed by atoms with Crippen molar-refractivity contribution in [2.75, 3.05) is 0 Å². The van der Waals surface area contributed by atoms with Crippen LogP contribution in [0.15, 0.2) is 71.1 Å². The van der Waals surface area contributed by atoms with E-state index in [1.807, 2.05) is 66.7 Å². The molecule has 0 saturated carbocycles. The van der Waals surface area contributed by atoms with Crippen LogP contribution < -0.4 is 0 Å². The van der Waals surface area contributed by atoms with E-state index >= 15 is 0 Å². The summed E-state index contributed by atoms with van der Waals surface area (Å²) in [6, 6.07) is 21.1. The number of nitrogens with zero attached hydrogens (tertiary/aromatic N) is 1. The van der Waals surface area contributed by atoms with Gasteiger partial charge in [-0.05, 0) is 29.3 Å². The molecule has 0 radical (unpaired) electrons. The van der Waals surface area contributed by atoms with E-state index in [9.17, 15) is 4.79 Å². The Morgan fingerprint density at radius 2 is 1.39 bits per heavy atom. The first-order chi connectivity index (χ1) is 11.3. The number of rotatable bonds is 1. The van der Waals surface area contributed by atoms with Crippen LogP contribution in [0.2, 0.25) is 0 Å². The molecule has 0 N–H and O–H groups in total. The summed E-state index contributed by atoms with van der Waals surface area (Å²) in [5.74, 6) is 0.526. The minimum atomic E-state index is 0.0356. The summed E-state index contributed by atoms with van der Waals surface area (Å²) in [5.41, 5.74) is 5.62. The van der Waals surface area contributed by atoms with Gasteiger partial charge in [0.15, 0.2) is 11.4 Å². The molecule has 1 aliphatic rings. The topological polar surface area (TPSA) is 43.1 Å². The highest BCUT2D eigenvalue weighted by Gasteiger charge is 2.30. The summed E-state index contributed by atoms with van der Waals surface area (Å²) in [5, 5.41) is 0. The molecule has 5 rings (SSSR count). The fourth-order valence-electron chi connectivity index (χ4n) is 3.24. The van der Waals surface area contributed by atoms with Crippen molar-refractivity contribution in [3.8, 4) is 22.6 Å². The van der Waals surface area contributed by atoms with Gasteiger partial charge in [-0.2, -0.15) is 0 Å². The van der Waals surface area contributed by atoms with Crippen molar-refractivity contribution in [2.24, 2.45) is 0 Å². The van der Waals surface area contributed by atoms with Crippen molar-refractivity contribution in [1.82, 2.24) is 4.98 Å². The highest BCUT2D eigenvalue weighted by atomic mass is 16.3. The zero-order valence-electron chi connectivity index (χ0n) is 12.1. The molecule has 0 fully saturated rings. The molecule has 0 unspecified atom stereocenters. The van der Waals surface area contributed by atoms with Gasteiger partial charge in [-0.15, -0.1) is 0 Å². The number of oxazole rings is 1. The second-order valence-corrected chi connectivity index (χ2v) is 5.59. The van der Waals surface area contributed by atoms with Crippen LogP contribution in [-0.2, 0) is 0 Å². The van der Waals surface area contributed by atoms with Crippen molar-refractivity contribution in [3.63, 3.8) is 0 Å².